The van der Waals surface area contributed by atoms with E-state index >= 15 is 0 Å². The lowest BCUT2D eigenvalue weighted by atomic mass is 10.4. The van der Waals surface area contributed by atoms with Crippen LogP contribution in [0.15, 0.2) is 18.3 Å². The van der Waals surface area contributed by atoms with Crippen molar-refractivity contribution in [2.45, 2.75) is 48.5 Å². The first kappa shape index (κ1) is 19.5. The minimum atomic E-state index is 0.863. The van der Waals surface area contributed by atoms with Gasteiger partial charge in [-0.2, -0.15) is 0 Å². The first-order chi connectivity index (χ1) is 7.33. The number of pyridine rings is 1. The molecule has 0 bridgehead atoms. The molecule has 0 fully saturated rings. The highest BCUT2D eigenvalue weighted by Gasteiger charge is 1.87. The van der Waals surface area contributed by atoms with Crippen LogP contribution in [0.2, 0.25) is 0 Å². The Balaban J connectivity index is -0.000000208. The predicted molar refractivity (Wildman–Crippen MR) is 69.6 cm³/mol. The number of aryl methyl sites for hydroxylation is 1. The number of ether oxygens (including phenoxy) is 1. The van der Waals surface area contributed by atoms with Gasteiger partial charge in [-0.1, -0.05) is 41.5 Å². The Morgan fingerprint density at radius 3 is 1.73 bits per heavy atom. The van der Waals surface area contributed by atoms with E-state index in [4.69, 9.17) is 4.74 Å². The summed E-state index contributed by atoms with van der Waals surface area (Å²) in [7, 11) is 1.65. The lowest BCUT2D eigenvalue weighted by Gasteiger charge is -1.97. The fourth-order valence-corrected chi connectivity index (χ4v) is 0.647. The van der Waals surface area contributed by atoms with Gasteiger partial charge in [-0.3, -0.25) is 4.98 Å². The second-order valence-corrected chi connectivity index (χ2v) is 1.84. The topological polar surface area (TPSA) is 22.1 Å². The van der Waals surface area contributed by atoms with E-state index in [0.717, 1.165) is 11.4 Å². The molecule has 90 valence electrons. The van der Waals surface area contributed by atoms with Crippen molar-refractivity contribution < 1.29 is 4.74 Å². The van der Waals surface area contributed by atoms with Crippen LogP contribution in [0.25, 0.3) is 0 Å². The number of hydrogen-bond acceptors (Lipinski definition) is 2. The fourth-order valence-electron chi connectivity index (χ4n) is 0.647. The molecule has 0 aliphatic heterocycles. The summed E-state index contributed by atoms with van der Waals surface area (Å²) in [6, 6.07) is 3.72. The van der Waals surface area contributed by atoms with Gasteiger partial charge in [-0.05, 0) is 13.0 Å². The van der Waals surface area contributed by atoms with Crippen LogP contribution < -0.4 is 4.74 Å². The van der Waals surface area contributed by atoms with E-state index in [9.17, 15) is 0 Å². The zero-order chi connectivity index (χ0) is 12.7. The van der Waals surface area contributed by atoms with E-state index in [1.807, 2.05) is 60.6 Å². The molecule has 1 rings (SSSR count). The Hall–Kier alpha value is -1.05. The minimum absolute atomic E-state index is 0.863. The molecule has 0 radical (unpaired) electrons. The van der Waals surface area contributed by atoms with E-state index in [1.165, 1.54) is 0 Å². The summed E-state index contributed by atoms with van der Waals surface area (Å²) in [5.41, 5.74) is 0.981. The molecule has 0 aliphatic carbocycles. The summed E-state index contributed by atoms with van der Waals surface area (Å²) >= 11 is 0. The molecular weight excluding hydrogens is 186 g/mol. The van der Waals surface area contributed by atoms with E-state index < -0.39 is 0 Å². The van der Waals surface area contributed by atoms with Gasteiger partial charge in [0, 0.05) is 18.0 Å². The standard InChI is InChI=1S/C7H9NO.3C2H6/c1-6-5-7(9-2)3-4-8-6;3*1-2/h3-5H,1-2H3;3*1-2H3. The van der Waals surface area contributed by atoms with Crippen LogP contribution in [-0.4, -0.2) is 12.1 Å². The molecule has 1 aromatic rings. The molecule has 0 saturated heterocycles. The van der Waals surface area contributed by atoms with Crippen LogP contribution >= 0.6 is 0 Å². The molecule has 0 spiro atoms. The minimum Gasteiger partial charge on any atom is -0.497 e. The number of aromatic nitrogens is 1. The predicted octanol–water partition coefficient (Wildman–Crippen LogP) is 4.48. The quantitative estimate of drug-likeness (QED) is 0.686. The van der Waals surface area contributed by atoms with Crippen molar-refractivity contribution in [1.29, 1.82) is 0 Å². The molecule has 0 saturated carbocycles. The summed E-state index contributed by atoms with van der Waals surface area (Å²) in [6.07, 6.45) is 1.73. The van der Waals surface area contributed by atoms with Gasteiger partial charge in [0.1, 0.15) is 5.75 Å². The van der Waals surface area contributed by atoms with Crippen molar-refractivity contribution in [3.8, 4) is 5.75 Å². The molecule has 0 N–H and O–H groups in total. The monoisotopic (exact) mass is 213 g/mol. The maximum absolute atomic E-state index is 4.96. The van der Waals surface area contributed by atoms with Gasteiger partial charge in [0.05, 0.1) is 7.11 Å². The van der Waals surface area contributed by atoms with Crippen LogP contribution in [0.3, 0.4) is 0 Å². The zero-order valence-electron chi connectivity index (χ0n) is 11.6. The highest BCUT2D eigenvalue weighted by Crippen LogP contribution is 2.07. The van der Waals surface area contributed by atoms with Gasteiger partial charge >= 0.3 is 0 Å². The Morgan fingerprint density at radius 1 is 1.00 bits per heavy atom. The lowest BCUT2D eigenvalue weighted by Crippen LogP contribution is -1.84. The second-order valence-electron chi connectivity index (χ2n) is 1.84. The van der Waals surface area contributed by atoms with Gasteiger partial charge in [-0.25, -0.2) is 0 Å². The van der Waals surface area contributed by atoms with Gasteiger partial charge in [0.25, 0.3) is 0 Å². The van der Waals surface area contributed by atoms with Gasteiger partial charge in [-0.15, -0.1) is 0 Å². The van der Waals surface area contributed by atoms with Crippen molar-refractivity contribution in [2.24, 2.45) is 0 Å². The van der Waals surface area contributed by atoms with Gasteiger partial charge in [0.2, 0.25) is 0 Å². The Kier molecular flexibility index (Phi) is 24.3. The summed E-state index contributed by atoms with van der Waals surface area (Å²) < 4.78 is 4.96. The molecule has 2 heteroatoms. The van der Waals surface area contributed by atoms with Crippen molar-refractivity contribution in [3.63, 3.8) is 0 Å². The summed E-state index contributed by atoms with van der Waals surface area (Å²) in [5, 5.41) is 0. The first-order valence-corrected chi connectivity index (χ1v) is 5.79. The SMILES string of the molecule is CC.CC.CC.COc1ccnc(C)c1. The smallest absolute Gasteiger partial charge is 0.122 e. The van der Waals surface area contributed by atoms with E-state index in [-0.39, 0.29) is 0 Å². The van der Waals surface area contributed by atoms with Crippen LogP contribution in [-0.2, 0) is 0 Å². The average molecular weight is 213 g/mol. The van der Waals surface area contributed by atoms with Crippen molar-refractivity contribution in [1.82, 2.24) is 4.98 Å². The third-order valence-electron chi connectivity index (χ3n) is 1.10. The molecule has 15 heavy (non-hydrogen) atoms. The average Bonchev–Trinajstić information content (AvgIpc) is 2.36. The van der Waals surface area contributed by atoms with E-state index in [1.54, 1.807) is 13.3 Å². The van der Waals surface area contributed by atoms with Crippen LogP contribution in [0, 0.1) is 6.92 Å². The number of methoxy groups -OCH3 is 1. The maximum Gasteiger partial charge on any atom is 0.122 e. The molecule has 1 aromatic heterocycles. The molecule has 0 unspecified atom stereocenters. The van der Waals surface area contributed by atoms with Gasteiger partial charge < -0.3 is 4.74 Å². The molecule has 0 aromatic carbocycles. The molecule has 1 heterocycles. The summed E-state index contributed by atoms with van der Waals surface area (Å²) in [6.45, 7) is 13.9. The first-order valence-electron chi connectivity index (χ1n) is 5.79. The van der Waals surface area contributed by atoms with Crippen LogP contribution in [0.1, 0.15) is 47.2 Å². The van der Waals surface area contributed by atoms with Crippen molar-refractivity contribution in [3.05, 3.63) is 24.0 Å². The third-order valence-corrected chi connectivity index (χ3v) is 1.10. The summed E-state index contributed by atoms with van der Waals surface area (Å²) in [4.78, 5) is 4.01. The fraction of sp³-hybridized carbons (Fsp3) is 0.615. The van der Waals surface area contributed by atoms with Crippen LogP contribution in [0.4, 0.5) is 0 Å². The third kappa shape index (κ3) is 12.9. The highest BCUT2D eigenvalue weighted by atomic mass is 16.5. The molecule has 0 aliphatic rings. The second kappa shape index (κ2) is 18.7. The Labute approximate surface area is 95.7 Å². The van der Waals surface area contributed by atoms with Crippen molar-refractivity contribution >= 4 is 0 Å². The number of nitrogens with zero attached hydrogens (tertiary/aromatic N) is 1. The molecule has 2 nitrogen and oxygen atoms in total. The van der Waals surface area contributed by atoms with Gasteiger partial charge in [0.15, 0.2) is 0 Å². The van der Waals surface area contributed by atoms with Crippen molar-refractivity contribution in [2.75, 3.05) is 7.11 Å². The van der Waals surface area contributed by atoms with E-state index in [2.05, 4.69) is 4.98 Å². The maximum atomic E-state index is 4.96. The molecule has 0 atom stereocenters. The Morgan fingerprint density at radius 2 is 1.47 bits per heavy atom. The lowest BCUT2D eigenvalue weighted by molar-refractivity contribution is 0.414. The normalized spacial score (nSPS) is 6.67. The molecule has 0 amide bonds. The summed E-state index contributed by atoms with van der Waals surface area (Å²) in [5.74, 6) is 0.863. The zero-order valence-corrected chi connectivity index (χ0v) is 11.6. The highest BCUT2D eigenvalue weighted by molar-refractivity contribution is 5.21. The van der Waals surface area contributed by atoms with Crippen LogP contribution in [0.5, 0.6) is 5.75 Å². The largest absolute Gasteiger partial charge is 0.497 e. The Bertz CT molecular complexity index is 199. The van der Waals surface area contributed by atoms with E-state index in [0.29, 0.717) is 0 Å². The number of rotatable bonds is 1. The number of hydrogen-bond donors (Lipinski definition) is 0. The molecular formula is C13H27NO.